The summed E-state index contributed by atoms with van der Waals surface area (Å²) >= 11 is 0. The van der Waals surface area contributed by atoms with Crippen molar-refractivity contribution in [3.05, 3.63) is 48.3 Å². The van der Waals surface area contributed by atoms with Gasteiger partial charge in [-0.05, 0) is 24.3 Å². The van der Waals surface area contributed by atoms with Crippen molar-refractivity contribution in [2.24, 2.45) is 5.92 Å². The van der Waals surface area contributed by atoms with Gasteiger partial charge < -0.3 is 19.3 Å². The molecule has 0 bridgehead atoms. The molecule has 0 unspecified atom stereocenters. The number of sulfonamides is 1. The van der Waals surface area contributed by atoms with Crippen LogP contribution in [0.15, 0.2) is 47.4 Å². The summed E-state index contributed by atoms with van der Waals surface area (Å²) in [5.74, 6) is -0.469. The van der Waals surface area contributed by atoms with Crippen molar-refractivity contribution in [3.8, 4) is 11.5 Å². The molecule has 2 fully saturated rings. The van der Waals surface area contributed by atoms with Crippen LogP contribution in [0.3, 0.4) is 0 Å². The largest absolute Gasteiger partial charge is 0.486 e. The van der Waals surface area contributed by atoms with Crippen LogP contribution < -0.4 is 14.4 Å². The minimum atomic E-state index is -3.99. The zero-order chi connectivity index (χ0) is 23.9. The van der Waals surface area contributed by atoms with Crippen LogP contribution in [0.4, 0.5) is 10.1 Å². The molecule has 3 aliphatic rings. The van der Waals surface area contributed by atoms with E-state index < -0.39 is 21.8 Å². The lowest BCUT2D eigenvalue weighted by Gasteiger charge is -2.35. The average Bonchev–Trinajstić information content (AvgIpc) is 3.25. The van der Waals surface area contributed by atoms with Crippen LogP contribution >= 0.6 is 0 Å². The molecule has 1 atom stereocenters. The van der Waals surface area contributed by atoms with E-state index in [1.165, 1.54) is 22.5 Å². The highest BCUT2D eigenvalue weighted by Gasteiger charge is 2.39. The molecule has 0 aliphatic carbocycles. The van der Waals surface area contributed by atoms with Crippen LogP contribution in [0, 0.1) is 11.7 Å². The second kappa shape index (κ2) is 8.88. The summed E-state index contributed by atoms with van der Waals surface area (Å²) in [4.78, 5) is 28.6. The van der Waals surface area contributed by atoms with Crippen LogP contribution in [-0.2, 0) is 19.6 Å². The zero-order valence-corrected chi connectivity index (χ0v) is 19.2. The third kappa shape index (κ3) is 4.09. The van der Waals surface area contributed by atoms with Gasteiger partial charge in [0.1, 0.15) is 23.9 Å². The molecule has 3 heterocycles. The highest BCUT2D eigenvalue weighted by Crippen LogP contribution is 2.36. The minimum Gasteiger partial charge on any atom is -0.486 e. The molecule has 0 N–H and O–H groups in total. The predicted octanol–water partition coefficient (Wildman–Crippen LogP) is 1.48. The Morgan fingerprint density at radius 1 is 0.971 bits per heavy atom. The Morgan fingerprint density at radius 3 is 2.41 bits per heavy atom. The quantitative estimate of drug-likeness (QED) is 0.646. The summed E-state index contributed by atoms with van der Waals surface area (Å²) in [6.45, 7) is 1.64. The second-order valence-electron chi connectivity index (χ2n) is 8.39. The monoisotopic (exact) mass is 489 g/mol. The Hall–Kier alpha value is -3.18. The van der Waals surface area contributed by atoms with Crippen LogP contribution in [0.25, 0.3) is 0 Å². The Balaban J connectivity index is 1.22. The van der Waals surface area contributed by atoms with Crippen LogP contribution in [0.2, 0.25) is 0 Å². The lowest BCUT2D eigenvalue weighted by atomic mass is 10.1. The van der Waals surface area contributed by atoms with Crippen molar-refractivity contribution in [2.75, 3.05) is 50.8 Å². The van der Waals surface area contributed by atoms with Gasteiger partial charge in [-0.1, -0.05) is 12.1 Å². The number of halogens is 1. The number of piperazine rings is 1. The highest BCUT2D eigenvalue weighted by molar-refractivity contribution is 7.89. The van der Waals surface area contributed by atoms with Crippen LogP contribution in [0.5, 0.6) is 11.5 Å². The molecule has 0 saturated carbocycles. The number of nitrogens with zero attached hydrogens (tertiary/aromatic N) is 3. The molecule has 2 aromatic carbocycles. The van der Waals surface area contributed by atoms with Crippen molar-refractivity contribution < 1.29 is 31.9 Å². The molecule has 0 aromatic heterocycles. The number of hydrogen-bond donors (Lipinski definition) is 0. The van der Waals surface area contributed by atoms with E-state index in [1.54, 1.807) is 28.0 Å². The van der Waals surface area contributed by atoms with Crippen molar-refractivity contribution in [1.29, 1.82) is 0 Å². The van der Waals surface area contributed by atoms with Crippen molar-refractivity contribution in [3.63, 3.8) is 0 Å². The number of carbonyl (C=O) groups is 2. The van der Waals surface area contributed by atoms with Gasteiger partial charge in [0.2, 0.25) is 21.8 Å². The first-order valence-corrected chi connectivity index (χ1v) is 12.5. The molecule has 34 heavy (non-hydrogen) atoms. The Bertz CT molecular complexity index is 1230. The first-order chi connectivity index (χ1) is 16.3. The summed E-state index contributed by atoms with van der Waals surface area (Å²) in [5, 5.41) is 0. The van der Waals surface area contributed by atoms with Gasteiger partial charge >= 0.3 is 0 Å². The number of anilines is 1. The van der Waals surface area contributed by atoms with E-state index in [1.807, 2.05) is 0 Å². The van der Waals surface area contributed by atoms with Gasteiger partial charge in [-0.3, -0.25) is 9.59 Å². The summed E-state index contributed by atoms with van der Waals surface area (Å²) in [6.07, 6.45) is 0.0843. The van der Waals surface area contributed by atoms with E-state index in [0.717, 1.165) is 6.07 Å². The standard InChI is InChI=1S/C23H24FN3O6S/c24-18-3-1-2-4-21(18)34(30,31)26-9-7-25(8-10-26)23(29)16-13-22(28)27(15-16)17-5-6-19-20(14-17)33-12-11-32-19/h1-6,14,16H,7-13,15H2/t16-/m1/s1. The fourth-order valence-corrected chi connectivity index (χ4v) is 6.01. The Morgan fingerprint density at radius 2 is 1.68 bits per heavy atom. The first-order valence-electron chi connectivity index (χ1n) is 11.1. The Labute approximate surface area is 196 Å². The Kier molecular flexibility index (Phi) is 5.90. The number of amides is 2. The number of carbonyl (C=O) groups excluding carboxylic acids is 2. The number of hydrogen-bond acceptors (Lipinski definition) is 6. The number of benzene rings is 2. The fraction of sp³-hybridized carbons (Fsp3) is 0.391. The van der Waals surface area contributed by atoms with E-state index >= 15 is 0 Å². The maximum absolute atomic E-state index is 14.0. The SMILES string of the molecule is O=C([C@@H]1CC(=O)N(c2ccc3c(c2)OCCO3)C1)N1CCN(S(=O)(=O)c2ccccc2F)CC1. The van der Waals surface area contributed by atoms with Gasteiger partial charge in [0.05, 0.1) is 5.92 Å². The minimum absolute atomic E-state index is 0.0644. The molecule has 2 aromatic rings. The maximum atomic E-state index is 14.0. The lowest BCUT2D eigenvalue weighted by molar-refractivity contribution is -0.136. The van der Waals surface area contributed by atoms with E-state index in [9.17, 15) is 22.4 Å². The van der Waals surface area contributed by atoms with Crippen molar-refractivity contribution in [1.82, 2.24) is 9.21 Å². The highest BCUT2D eigenvalue weighted by atomic mass is 32.2. The van der Waals surface area contributed by atoms with E-state index in [0.29, 0.717) is 30.4 Å². The van der Waals surface area contributed by atoms with Crippen LogP contribution in [0.1, 0.15) is 6.42 Å². The zero-order valence-electron chi connectivity index (χ0n) is 18.4. The average molecular weight is 490 g/mol. The van der Waals surface area contributed by atoms with E-state index in [-0.39, 0.29) is 55.9 Å². The fourth-order valence-electron chi connectivity index (χ4n) is 4.52. The van der Waals surface area contributed by atoms with E-state index in [2.05, 4.69) is 0 Å². The predicted molar refractivity (Wildman–Crippen MR) is 120 cm³/mol. The van der Waals surface area contributed by atoms with Gasteiger partial charge in [-0.25, -0.2) is 12.8 Å². The molecule has 11 heteroatoms. The molecule has 180 valence electrons. The maximum Gasteiger partial charge on any atom is 0.246 e. The topological polar surface area (TPSA) is 96.5 Å². The van der Waals surface area contributed by atoms with Gasteiger partial charge in [-0.2, -0.15) is 4.31 Å². The van der Waals surface area contributed by atoms with Gasteiger partial charge in [0, 0.05) is 50.9 Å². The normalized spacial score (nSPS) is 21.1. The molecule has 2 amide bonds. The molecule has 9 nitrogen and oxygen atoms in total. The summed E-state index contributed by atoms with van der Waals surface area (Å²) < 4.78 is 51.9. The summed E-state index contributed by atoms with van der Waals surface area (Å²) in [5.41, 5.74) is 0.644. The molecule has 0 radical (unpaired) electrons. The number of ether oxygens (including phenoxy) is 2. The summed E-state index contributed by atoms with van der Waals surface area (Å²) in [6, 6.07) is 10.5. The molecule has 2 saturated heterocycles. The molecular formula is C23H24FN3O6S. The summed E-state index contributed by atoms with van der Waals surface area (Å²) in [7, 11) is -3.99. The number of fused-ring (bicyclic) bond motifs is 1. The van der Waals surface area contributed by atoms with Gasteiger partial charge in [0.25, 0.3) is 0 Å². The third-order valence-corrected chi connectivity index (χ3v) is 8.25. The van der Waals surface area contributed by atoms with E-state index in [4.69, 9.17) is 9.47 Å². The smallest absolute Gasteiger partial charge is 0.246 e. The molecule has 5 rings (SSSR count). The first kappa shape index (κ1) is 22.6. The molecule has 0 spiro atoms. The second-order valence-corrected chi connectivity index (χ2v) is 10.3. The third-order valence-electron chi connectivity index (χ3n) is 6.32. The van der Waals surface area contributed by atoms with Crippen molar-refractivity contribution >= 4 is 27.5 Å². The van der Waals surface area contributed by atoms with Crippen molar-refractivity contribution in [2.45, 2.75) is 11.3 Å². The van der Waals surface area contributed by atoms with Gasteiger partial charge in [0.15, 0.2) is 11.5 Å². The number of rotatable bonds is 4. The lowest BCUT2D eigenvalue weighted by Crippen LogP contribution is -2.52. The van der Waals surface area contributed by atoms with Crippen LogP contribution in [-0.4, -0.2) is 75.4 Å². The molecular weight excluding hydrogens is 465 g/mol. The molecule has 3 aliphatic heterocycles. The van der Waals surface area contributed by atoms with Gasteiger partial charge in [-0.15, -0.1) is 0 Å².